The van der Waals surface area contributed by atoms with Crippen molar-refractivity contribution in [1.82, 2.24) is 19.7 Å². The van der Waals surface area contributed by atoms with Crippen molar-refractivity contribution < 1.29 is 9.53 Å². The fraction of sp³-hybridized carbons (Fsp3) is 0.125. The smallest absolute Gasteiger partial charge is 0.263 e. The lowest BCUT2D eigenvalue weighted by Gasteiger charge is -2.07. The van der Waals surface area contributed by atoms with E-state index in [9.17, 15) is 9.59 Å². The molecule has 0 bridgehead atoms. The highest BCUT2D eigenvalue weighted by molar-refractivity contribution is 7.17. The number of carbonyl (C=O) groups is 1. The van der Waals surface area contributed by atoms with E-state index in [1.165, 1.54) is 33.6 Å². The molecule has 0 fully saturated rings. The summed E-state index contributed by atoms with van der Waals surface area (Å²) in [4.78, 5) is 30.8. The Labute approximate surface area is 202 Å². The number of carbonyl (C=O) groups excluding carboxylic acids is 1. The molecule has 3 heterocycles. The van der Waals surface area contributed by atoms with Crippen molar-refractivity contribution in [2.45, 2.75) is 13.2 Å². The number of thiophene rings is 1. The summed E-state index contributed by atoms with van der Waals surface area (Å²) in [5.74, 6) is -0.382. The third-order valence-electron chi connectivity index (χ3n) is 5.16. The molecule has 34 heavy (non-hydrogen) atoms. The normalized spacial score (nSPS) is 11.1. The third-order valence-corrected chi connectivity index (χ3v) is 6.86. The van der Waals surface area contributed by atoms with Crippen LogP contribution in [0.15, 0.2) is 71.1 Å². The highest BCUT2D eigenvalue weighted by Crippen LogP contribution is 2.32. The number of amides is 1. The molecule has 5 aromatic rings. The van der Waals surface area contributed by atoms with Crippen LogP contribution in [0.3, 0.4) is 0 Å². The summed E-state index contributed by atoms with van der Waals surface area (Å²) in [5.41, 5.74) is 3.69. The Balaban J connectivity index is 1.40. The van der Waals surface area contributed by atoms with Crippen LogP contribution in [0.4, 0.5) is 5.13 Å². The van der Waals surface area contributed by atoms with E-state index < -0.39 is 0 Å². The predicted octanol–water partition coefficient (Wildman–Crippen LogP) is 4.43. The number of nitrogens with one attached hydrogen (secondary N) is 1. The molecular formula is C24H19N5O3S2. The number of rotatable bonds is 7. The minimum Gasteiger partial charge on any atom is -0.377 e. The number of hydrogen-bond acceptors (Lipinski definition) is 8. The van der Waals surface area contributed by atoms with E-state index in [-0.39, 0.29) is 18.0 Å². The van der Waals surface area contributed by atoms with Crippen molar-refractivity contribution in [2.24, 2.45) is 0 Å². The molecule has 0 spiro atoms. The van der Waals surface area contributed by atoms with Crippen LogP contribution in [-0.4, -0.2) is 32.8 Å². The van der Waals surface area contributed by atoms with E-state index in [4.69, 9.17) is 4.74 Å². The van der Waals surface area contributed by atoms with Crippen LogP contribution in [-0.2, 0) is 22.7 Å². The number of hydrogen-bond donors (Lipinski definition) is 1. The zero-order valence-electron chi connectivity index (χ0n) is 18.1. The van der Waals surface area contributed by atoms with Crippen LogP contribution in [0, 0.1) is 0 Å². The van der Waals surface area contributed by atoms with Gasteiger partial charge >= 0.3 is 0 Å². The second kappa shape index (κ2) is 9.64. The molecule has 2 aromatic carbocycles. The number of ether oxygens (including phenoxy) is 1. The van der Waals surface area contributed by atoms with E-state index in [0.717, 1.165) is 22.3 Å². The number of nitrogens with zero attached hydrogens (tertiary/aromatic N) is 4. The molecule has 0 saturated carbocycles. The molecule has 0 aliphatic rings. The number of benzene rings is 2. The molecule has 0 aliphatic heterocycles. The fourth-order valence-electron chi connectivity index (χ4n) is 3.56. The van der Waals surface area contributed by atoms with E-state index in [1.54, 1.807) is 7.11 Å². The van der Waals surface area contributed by atoms with Gasteiger partial charge in [-0.1, -0.05) is 65.9 Å². The van der Waals surface area contributed by atoms with Gasteiger partial charge in [-0.05, 0) is 16.7 Å². The Hall–Kier alpha value is -3.73. The van der Waals surface area contributed by atoms with Gasteiger partial charge in [0.2, 0.25) is 11.0 Å². The zero-order valence-corrected chi connectivity index (χ0v) is 19.7. The van der Waals surface area contributed by atoms with Gasteiger partial charge in [0.15, 0.2) is 0 Å². The van der Waals surface area contributed by atoms with Gasteiger partial charge in [-0.2, -0.15) is 0 Å². The number of methoxy groups -OCH3 is 1. The van der Waals surface area contributed by atoms with Gasteiger partial charge in [0.25, 0.3) is 5.56 Å². The van der Waals surface area contributed by atoms with Gasteiger partial charge in [0, 0.05) is 18.1 Å². The molecule has 0 radical (unpaired) electrons. The Bertz CT molecular complexity index is 1510. The molecular weight excluding hydrogens is 470 g/mol. The summed E-state index contributed by atoms with van der Waals surface area (Å²) in [6, 6.07) is 18.2. The Morgan fingerprint density at radius 3 is 2.53 bits per heavy atom. The first-order valence-electron chi connectivity index (χ1n) is 10.4. The maximum atomic E-state index is 13.3. The second-order valence-electron chi connectivity index (χ2n) is 7.43. The van der Waals surface area contributed by atoms with Crippen molar-refractivity contribution in [1.29, 1.82) is 0 Å². The van der Waals surface area contributed by atoms with Crippen molar-refractivity contribution in [3.8, 4) is 22.3 Å². The van der Waals surface area contributed by atoms with Crippen molar-refractivity contribution >= 4 is 43.9 Å². The van der Waals surface area contributed by atoms with Gasteiger partial charge in [-0.25, -0.2) is 4.98 Å². The summed E-state index contributed by atoms with van der Waals surface area (Å²) in [5, 5.41) is 14.0. The molecule has 0 atom stereocenters. The first kappa shape index (κ1) is 22.1. The van der Waals surface area contributed by atoms with Crippen molar-refractivity contribution in [3.05, 3.63) is 81.7 Å². The third kappa shape index (κ3) is 4.51. The molecule has 0 unspecified atom stereocenters. The van der Waals surface area contributed by atoms with Crippen LogP contribution in [0.2, 0.25) is 0 Å². The summed E-state index contributed by atoms with van der Waals surface area (Å²) in [6.07, 6.45) is 1.40. The molecule has 0 aliphatic carbocycles. The lowest BCUT2D eigenvalue weighted by molar-refractivity contribution is -0.116. The molecule has 3 aromatic heterocycles. The highest BCUT2D eigenvalue weighted by Gasteiger charge is 2.16. The average Bonchev–Trinajstić information content (AvgIpc) is 3.49. The van der Waals surface area contributed by atoms with Crippen molar-refractivity contribution in [2.75, 3.05) is 12.4 Å². The molecule has 5 rings (SSSR count). The summed E-state index contributed by atoms with van der Waals surface area (Å²) < 4.78 is 6.32. The lowest BCUT2D eigenvalue weighted by Crippen LogP contribution is -2.27. The fourth-order valence-corrected chi connectivity index (χ4v) is 5.20. The summed E-state index contributed by atoms with van der Waals surface area (Å²) in [6.45, 7) is 0.143. The first-order chi connectivity index (χ1) is 16.6. The summed E-state index contributed by atoms with van der Waals surface area (Å²) in [7, 11) is 1.56. The van der Waals surface area contributed by atoms with Crippen LogP contribution < -0.4 is 10.9 Å². The van der Waals surface area contributed by atoms with E-state index in [1.807, 2.05) is 47.8 Å². The molecule has 170 valence electrons. The lowest BCUT2D eigenvalue weighted by atomic mass is 10.0. The highest BCUT2D eigenvalue weighted by atomic mass is 32.1. The zero-order chi connectivity index (χ0) is 23.5. The Morgan fingerprint density at radius 1 is 1.03 bits per heavy atom. The number of aromatic nitrogens is 4. The van der Waals surface area contributed by atoms with Crippen LogP contribution >= 0.6 is 22.7 Å². The monoisotopic (exact) mass is 489 g/mol. The number of anilines is 1. The minimum atomic E-state index is -0.382. The van der Waals surface area contributed by atoms with Gasteiger partial charge in [-0.3, -0.25) is 19.5 Å². The van der Waals surface area contributed by atoms with Crippen molar-refractivity contribution in [3.63, 3.8) is 0 Å². The van der Waals surface area contributed by atoms with E-state index in [2.05, 4.69) is 32.6 Å². The van der Waals surface area contributed by atoms with Gasteiger partial charge < -0.3 is 4.74 Å². The number of fused-ring (bicyclic) bond motifs is 1. The van der Waals surface area contributed by atoms with E-state index >= 15 is 0 Å². The van der Waals surface area contributed by atoms with Gasteiger partial charge in [0.1, 0.15) is 23.0 Å². The minimum absolute atomic E-state index is 0.177. The maximum absolute atomic E-state index is 13.3. The SMILES string of the molecule is COCc1nnc(NC(=O)Cn2cnc3scc(-c4ccc(-c5ccccc5)cc4)c3c2=O)s1. The molecule has 1 N–H and O–H groups in total. The van der Waals surface area contributed by atoms with Crippen LogP contribution in [0.1, 0.15) is 5.01 Å². The summed E-state index contributed by atoms with van der Waals surface area (Å²) >= 11 is 2.63. The molecule has 10 heteroatoms. The maximum Gasteiger partial charge on any atom is 0.263 e. The largest absolute Gasteiger partial charge is 0.377 e. The van der Waals surface area contributed by atoms with Gasteiger partial charge in [-0.15, -0.1) is 21.5 Å². The second-order valence-corrected chi connectivity index (χ2v) is 9.35. The Morgan fingerprint density at radius 2 is 1.76 bits per heavy atom. The molecule has 1 amide bonds. The van der Waals surface area contributed by atoms with Gasteiger partial charge in [0.05, 0.1) is 11.7 Å². The standard InChI is InChI=1S/C24H19N5O3S2/c1-32-12-20-27-28-24(34-20)26-19(30)11-29-14-25-22-21(23(29)31)18(13-33-22)17-9-7-16(8-10-17)15-5-3-2-4-6-15/h2-10,13-14H,11-12H2,1H3,(H,26,28,30). The quantitative estimate of drug-likeness (QED) is 0.363. The average molecular weight is 490 g/mol. The predicted molar refractivity (Wildman–Crippen MR) is 134 cm³/mol. The van der Waals surface area contributed by atoms with E-state index in [0.29, 0.717) is 27.0 Å². The molecule has 0 saturated heterocycles. The Kier molecular flexibility index (Phi) is 6.26. The first-order valence-corrected chi connectivity index (χ1v) is 12.1. The van der Waals surface area contributed by atoms with Crippen LogP contribution in [0.5, 0.6) is 0 Å². The topological polar surface area (TPSA) is 99.0 Å². The molecule has 8 nitrogen and oxygen atoms in total. The van der Waals surface area contributed by atoms with Crippen LogP contribution in [0.25, 0.3) is 32.5 Å².